The lowest BCUT2D eigenvalue weighted by Crippen LogP contribution is -2.44. The van der Waals surface area contributed by atoms with Crippen molar-refractivity contribution in [1.29, 1.82) is 0 Å². The first-order valence-electron chi connectivity index (χ1n) is 10.5. The number of amides is 1. The maximum Gasteiger partial charge on any atom is 0.256 e. The van der Waals surface area contributed by atoms with Gasteiger partial charge in [-0.2, -0.15) is 0 Å². The van der Waals surface area contributed by atoms with Crippen molar-refractivity contribution in [2.75, 3.05) is 44.3 Å². The number of benzene rings is 1. The summed E-state index contributed by atoms with van der Waals surface area (Å²) in [4.78, 5) is 38.9. The molecule has 3 aromatic rings. The van der Waals surface area contributed by atoms with Crippen LogP contribution in [0.1, 0.15) is 16.8 Å². The average molecular weight is 476 g/mol. The van der Waals surface area contributed by atoms with E-state index >= 15 is 0 Å². The number of hydrogen-bond donors (Lipinski definition) is 0. The third-order valence-electron chi connectivity index (χ3n) is 5.78. The van der Waals surface area contributed by atoms with Gasteiger partial charge in [0.15, 0.2) is 5.13 Å². The number of halogens is 1. The molecule has 0 bridgehead atoms. The third-order valence-corrected chi connectivity index (χ3v) is 7.32. The minimum atomic E-state index is -0.210. The molecule has 0 unspecified atom stereocenters. The van der Waals surface area contributed by atoms with Crippen LogP contribution in [0.15, 0.2) is 23.3 Å². The summed E-state index contributed by atoms with van der Waals surface area (Å²) in [6.45, 7) is 9.56. The van der Waals surface area contributed by atoms with Crippen LogP contribution in [0.25, 0.3) is 10.2 Å². The smallest absolute Gasteiger partial charge is 0.256 e. The molecule has 2 aromatic heterocycles. The van der Waals surface area contributed by atoms with E-state index in [9.17, 15) is 9.59 Å². The molecule has 3 heterocycles. The molecular weight excluding hydrogens is 450 g/mol. The number of thiazole rings is 1. The van der Waals surface area contributed by atoms with Crippen LogP contribution in [0.2, 0.25) is 5.02 Å². The number of fused-ring (bicyclic) bond motifs is 1. The highest BCUT2D eigenvalue weighted by Crippen LogP contribution is 2.35. The van der Waals surface area contributed by atoms with E-state index in [0.717, 1.165) is 28.9 Å². The molecule has 0 radical (unpaired) electrons. The summed E-state index contributed by atoms with van der Waals surface area (Å²) in [5.41, 5.74) is 2.80. The summed E-state index contributed by atoms with van der Waals surface area (Å²) < 4.78 is 7.64. The zero-order chi connectivity index (χ0) is 22.8. The van der Waals surface area contributed by atoms with E-state index in [1.807, 2.05) is 19.1 Å². The highest BCUT2D eigenvalue weighted by Gasteiger charge is 2.23. The first-order valence-corrected chi connectivity index (χ1v) is 11.7. The van der Waals surface area contributed by atoms with Crippen molar-refractivity contribution in [3.63, 3.8) is 0 Å². The Morgan fingerprint density at radius 2 is 2.00 bits per heavy atom. The van der Waals surface area contributed by atoms with Crippen molar-refractivity contribution in [2.24, 2.45) is 0 Å². The average Bonchev–Trinajstić information content (AvgIpc) is 3.24. The largest absolute Gasteiger partial charge is 0.379 e. The molecule has 1 aliphatic rings. The molecule has 0 N–H and O–H groups in total. The summed E-state index contributed by atoms with van der Waals surface area (Å²) in [5.74, 6) is -0.210. The van der Waals surface area contributed by atoms with Crippen LogP contribution in [0, 0.1) is 20.8 Å². The molecule has 0 atom stereocenters. The molecule has 0 saturated carbocycles. The number of rotatable bonds is 6. The van der Waals surface area contributed by atoms with E-state index in [-0.39, 0.29) is 18.0 Å². The second-order valence-electron chi connectivity index (χ2n) is 7.93. The highest BCUT2D eigenvalue weighted by atomic mass is 35.5. The van der Waals surface area contributed by atoms with Crippen LogP contribution in [0.4, 0.5) is 5.13 Å². The fourth-order valence-electron chi connectivity index (χ4n) is 3.62. The number of carbonyl (C=O) groups is 1. The summed E-state index contributed by atoms with van der Waals surface area (Å²) in [6, 6.07) is 3.77. The van der Waals surface area contributed by atoms with Gasteiger partial charge in [0.25, 0.3) is 5.56 Å². The Morgan fingerprint density at radius 3 is 2.72 bits per heavy atom. The van der Waals surface area contributed by atoms with Gasteiger partial charge in [-0.3, -0.25) is 24.0 Å². The summed E-state index contributed by atoms with van der Waals surface area (Å²) >= 11 is 7.80. The SMILES string of the molecule is Cc1ncn(CC(=O)N(CCN2CCOCC2)c2nc3c(C)ccc(Cl)c3s2)c(=O)c1C. The molecule has 4 rings (SSSR count). The molecule has 1 aliphatic heterocycles. The standard InChI is InChI=1S/C22H26ClN5O3S/c1-14-4-5-17(23)20-19(14)25-22(32-20)28(7-6-26-8-10-31-11-9-26)18(29)12-27-13-24-16(3)15(2)21(27)30/h4-5,13H,6-12H2,1-3H3. The Hall–Kier alpha value is -2.33. The summed E-state index contributed by atoms with van der Waals surface area (Å²) in [7, 11) is 0. The van der Waals surface area contributed by atoms with Crippen LogP contribution >= 0.6 is 22.9 Å². The van der Waals surface area contributed by atoms with Gasteiger partial charge in [-0.15, -0.1) is 0 Å². The Labute approximate surface area is 195 Å². The van der Waals surface area contributed by atoms with Gasteiger partial charge < -0.3 is 4.74 Å². The second-order valence-corrected chi connectivity index (χ2v) is 9.31. The van der Waals surface area contributed by atoms with Gasteiger partial charge in [0.1, 0.15) is 6.54 Å². The number of morpholine rings is 1. The maximum absolute atomic E-state index is 13.4. The Morgan fingerprint density at radius 1 is 1.25 bits per heavy atom. The van der Waals surface area contributed by atoms with E-state index in [4.69, 9.17) is 21.3 Å². The molecular formula is C22H26ClN5O3S. The van der Waals surface area contributed by atoms with E-state index in [2.05, 4.69) is 9.88 Å². The zero-order valence-corrected chi connectivity index (χ0v) is 20.0. The van der Waals surface area contributed by atoms with Crippen LogP contribution in [-0.4, -0.2) is 64.7 Å². The highest BCUT2D eigenvalue weighted by molar-refractivity contribution is 7.23. The third kappa shape index (κ3) is 4.71. The minimum absolute atomic E-state index is 0.0985. The second kappa shape index (κ2) is 9.66. The predicted octanol–water partition coefficient (Wildman–Crippen LogP) is 2.80. The summed E-state index contributed by atoms with van der Waals surface area (Å²) in [6.07, 6.45) is 1.43. The Balaban J connectivity index is 1.65. The van der Waals surface area contributed by atoms with Crippen molar-refractivity contribution in [3.8, 4) is 0 Å². The molecule has 170 valence electrons. The van der Waals surface area contributed by atoms with E-state index in [0.29, 0.717) is 47.7 Å². The molecule has 0 spiro atoms. The maximum atomic E-state index is 13.4. The first-order chi connectivity index (χ1) is 15.3. The Bertz CT molecular complexity index is 1160. The van der Waals surface area contributed by atoms with Gasteiger partial charge in [-0.05, 0) is 32.4 Å². The molecule has 0 aliphatic carbocycles. The normalized spacial score (nSPS) is 14.8. The summed E-state index contributed by atoms with van der Waals surface area (Å²) in [5, 5.41) is 1.20. The molecule has 1 fully saturated rings. The molecule has 1 saturated heterocycles. The zero-order valence-electron chi connectivity index (χ0n) is 18.4. The van der Waals surface area contributed by atoms with E-state index in [1.165, 1.54) is 22.2 Å². The van der Waals surface area contributed by atoms with Crippen molar-refractivity contribution < 1.29 is 9.53 Å². The van der Waals surface area contributed by atoms with Gasteiger partial charge in [0, 0.05) is 37.4 Å². The topological polar surface area (TPSA) is 80.6 Å². The van der Waals surface area contributed by atoms with Gasteiger partial charge in [-0.1, -0.05) is 29.0 Å². The quantitative estimate of drug-likeness (QED) is 0.545. The van der Waals surface area contributed by atoms with Crippen molar-refractivity contribution in [1.82, 2.24) is 19.4 Å². The van der Waals surface area contributed by atoms with E-state index < -0.39 is 0 Å². The van der Waals surface area contributed by atoms with Crippen LogP contribution in [-0.2, 0) is 16.1 Å². The fourth-order valence-corrected chi connectivity index (χ4v) is 4.98. The lowest BCUT2D eigenvalue weighted by atomic mass is 10.2. The Kier molecular flexibility index (Phi) is 6.90. The van der Waals surface area contributed by atoms with Crippen molar-refractivity contribution in [3.05, 3.63) is 50.7 Å². The van der Waals surface area contributed by atoms with Gasteiger partial charge in [-0.25, -0.2) is 9.97 Å². The molecule has 32 heavy (non-hydrogen) atoms. The number of aromatic nitrogens is 3. The van der Waals surface area contributed by atoms with Crippen molar-refractivity contribution >= 4 is 44.2 Å². The lowest BCUT2D eigenvalue weighted by molar-refractivity contribution is -0.119. The lowest BCUT2D eigenvalue weighted by Gasteiger charge is -2.29. The number of hydrogen-bond acceptors (Lipinski definition) is 7. The molecule has 8 nitrogen and oxygen atoms in total. The number of anilines is 1. The van der Waals surface area contributed by atoms with Crippen LogP contribution in [0.3, 0.4) is 0 Å². The molecule has 1 amide bonds. The van der Waals surface area contributed by atoms with Gasteiger partial charge >= 0.3 is 0 Å². The predicted molar refractivity (Wildman–Crippen MR) is 127 cm³/mol. The van der Waals surface area contributed by atoms with Crippen LogP contribution < -0.4 is 10.5 Å². The monoisotopic (exact) mass is 475 g/mol. The molecule has 1 aromatic carbocycles. The van der Waals surface area contributed by atoms with Gasteiger partial charge in [0.05, 0.1) is 34.8 Å². The number of carbonyl (C=O) groups excluding carboxylic acids is 1. The minimum Gasteiger partial charge on any atom is -0.379 e. The molecule has 10 heteroatoms. The van der Waals surface area contributed by atoms with Gasteiger partial charge in [0.2, 0.25) is 5.91 Å². The fraction of sp³-hybridized carbons (Fsp3) is 0.455. The van der Waals surface area contributed by atoms with E-state index in [1.54, 1.807) is 18.7 Å². The van der Waals surface area contributed by atoms with Crippen molar-refractivity contribution in [2.45, 2.75) is 27.3 Å². The first kappa shape index (κ1) is 22.8. The number of nitrogens with zero attached hydrogens (tertiary/aromatic N) is 5. The number of aryl methyl sites for hydroxylation is 2. The number of ether oxygens (including phenoxy) is 1. The van der Waals surface area contributed by atoms with Crippen LogP contribution in [0.5, 0.6) is 0 Å².